The van der Waals surface area contributed by atoms with Crippen molar-refractivity contribution in [3.63, 3.8) is 0 Å². The minimum absolute atomic E-state index is 0.00813. The summed E-state index contributed by atoms with van der Waals surface area (Å²) in [5, 5.41) is 0. The van der Waals surface area contributed by atoms with Gasteiger partial charge in [0.15, 0.2) is 5.78 Å². The van der Waals surface area contributed by atoms with Gasteiger partial charge in [-0.3, -0.25) is 9.59 Å². The molecular weight excluding hydrogens is 348 g/mol. The fourth-order valence-corrected chi connectivity index (χ4v) is 8.65. The number of ether oxygens (including phenoxy) is 1. The van der Waals surface area contributed by atoms with Crippen LogP contribution in [0.15, 0.2) is 23.3 Å². The van der Waals surface area contributed by atoms with Gasteiger partial charge >= 0.3 is 5.97 Å². The monoisotopic (exact) mass is 380 g/mol. The number of carbonyl (C=O) groups excluding carboxylic acids is 2. The molecule has 1 saturated heterocycles. The summed E-state index contributed by atoms with van der Waals surface area (Å²) in [6.45, 7) is 7.17. The van der Waals surface area contributed by atoms with E-state index in [2.05, 4.69) is 26.8 Å². The van der Waals surface area contributed by atoms with Gasteiger partial charge in [0.1, 0.15) is 5.60 Å². The highest BCUT2D eigenvalue weighted by Crippen LogP contribution is 2.75. The summed E-state index contributed by atoms with van der Waals surface area (Å²) < 4.78 is 6.16. The Morgan fingerprint density at radius 1 is 1.07 bits per heavy atom. The van der Waals surface area contributed by atoms with Crippen molar-refractivity contribution in [2.45, 2.75) is 84.2 Å². The van der Waals surface area contributed by atoms with E-state index in [9.17, 15) is 9.59 Å². The zero-order valence-electron chi connectivity index (χ0n) is 17.5. The van der Waals surface area contributed by atoms with Gasteiger partial charge in [0.05, 0.1) is 0 Å². The first-order valence-corrected chi connectivity index (χ1v) is 11.4. The number of esters is 1. The molecule has 6 atom stereocenters. The summed E-state index contributed by atoms with van der Waals surface area (Å²) in [7, 11) is 0. The van der Waals surface area contributed by atoms with Gasteiger partial charge in [-0.25, -0.2) is 0 Å². The second-order valence-electron chi connectivity index (χ2n) is 11.3. The summed E-state index contributed by atoms with van der Waals surface area (Å²) in [5.74, 6) is 1.98. The van der Waals surface area contributed by atoms with Crippen molar-refractivity contribution in [2.24, 2.45) is 34.0 Å². The third kappa shape index (κ3) is 1.83. The molecule has 150 valence electrons. The van der Waals surface area contributed by atoms with Crippen LogP contribution >= 0.6 is 0 Å². The molecule has 0 amide bonds. The average molecular weight is 381 g/mol. The smallest absolute Gasteiger partial charge is 0.306 e. The Labute approximate surface area is 168 Å². The van der Waals surface area contributed by atoms with Crippen molar-refractivity contribution in [3.05, 3.63) is 23.3 Å². The van der Waals surface area contributed by atoms with Crippen molar-refractivity contribution in [3.8, 4) is 0 Å². The Balaban J connectivity index is 1.48. The van der Waals surface area contributed by atoms with Crippen LogP contribution in [0.1, 0.15) is 78.6 Å². The molecule has 0 radical (unpaired) electrons. The highest BCUT2D eigenvalue weighted by atomic mass is 16.6. The van der Waals surface area contributed by atoms with E-state index in [-0.39, 0.29) is 27.8 Å². The van der Waals surface area contributed by atoms with E-state index >= 15 is 0 Å². The molecule has 5 aliphatic carbocycles. The number of ketones is 1. The molecule has 6 rings (SSSR count). The van der Waals surface area contributed by atoms with Crippen LogP contribution in [0.3, 0.4) is 0 Å². The molecule has 3 unspecified atom stereocenters. The Morgan fingerprint density at radius 3 is 2.54 bits per heavy atom. The molecule has 3 nitrogen and oxygen atoms in total. The molecule has 0 N–H and O–H groups in total. The zero-order valence-corrected chi connectivity index (χ0v) is 17.5. The molecular formula is C25H32O3. The number of hydrogen-bond acceptors (Lipinski definition) is 3. The molecule has 1 heterocycles. The van der Waals surface area contributed by atoms with Crippen LogP contribution in [0.4, 0.5) is 0 Å². The van der Waals surface area contributed by atoms with Crippen LogP contribution < -0.4 is 0 Å². The van der Waals surface area contributed by atoms with E-state index in [4.69, 9.17) is 4.74 Å². The number of fused-ring (bicyclic) bond motifs is 7. The summed E-state index contributed by atoms with van der Waals surface area (Å²) in [4.78, 5) is 24.4. The predicted molar refractivity (Wildman–Crippen MR) is 106 cm³/mol. The Morgan fingerprint density at radius 2 is 1.86 bits per heavy atom. The maximum atomic E-state index is 12.3. The fraction of sp³-hybridized carbons (Fsp3) is 0.760. The van der Waals surface area contributed by atoms with E-state index in [1.807, 2.05) is 6.08 Å². The van der Waals surface area contributed by atoms with E-state index < -0.39 is 0 Å². The highest BCUT2D eigenvalue weighted by molar-refractivity contribution is 5.92. The van der Waals surface area contributed by atoms with Gasteiger partial charge < -0.3 is 4.74 Å². The average Bonchev–Trinajstić information content (AvgIpc) is 3.24. The Bertz CT molecular complexity index is 861. The first-order chi connectivity index (χ1) is 13.2. The Kier molecular flexibility index (Phi) is 3.13. The van der Waals surface area contributed by atoms with Crippen LogP contribution in [-0.4, -0.2) is 17.4 Å². The van der Waals surface area contributed by atoms with Gasteiger partial charge in [-0.15, -0.1) is 0 Å². The molecule has 4 fully saturated rings. The summed E-state index contributed by atoms with van der Waals surface area (Å²) in [5.41, 5.74) is 3.27. The number of allylic oxidation sites excluding steroid dienone is 4. The second-order valence-corrected chi connectivity index (χ2v) is 11.3. The SMILES string of the molecule is CC1CC2C3CC4(CC4)C4=CC(=O)CC[C@]4(C)C3=CC[C@]2(C)[C@]12CCC(=O)O2. The van der Waals surface area contributed by atoms with E-state index in [1.165, 1.54) is 31.3 Å². The van der Waals surface area contributed by atoms with Crippen LogP contribution in [0.2, 0.25) is 0 Å². The van der Waals surface area contributed by atoms with Crippen molar-refractivity contribution >= 4 is 11.8 Å². The molecule has 2 spiro atoms. The van der Waals surface area contributed by atoms with Gasteiger partial charge in [-0.2, -0.15) is 0 Å². The number of hydrogen-bond donors (Lipinski definition) is 0. The molecule has 1 aliphatic heterocycles. The predicted octanol–water partition coefficient (Wildman–Crippen LogP) is 5.15. The van der Waals surface area contributed by atoms with Gasteiger partial charge in [-0.1, -0.05) is 38.0 Å². The number of carbonyl (C=O) groups is 2. The van der Waals surface area contributed by atoms with E-state index in [0.29, 0.717) is 36.4 Å². The molecule has 0 aromatic heterocycles. The highest BCUT2D eigenvalue weighted by Gasteiger charge is 2.70. The summed E-state index contributed by atoms with van der Waals surface area (Å²) >= 11 is 0. The second kappa shape index (κ2) is 5.02. The van der Waals surface area contributed by atoms with Crippen LogP contribution in [0.5, 0.6) is 0 Å². The molecule has 28 heavy (non-hydrogen) atoms. The topological polar surface area (TPSA) is 43.4 Å². The first kappa shape index (κ1) is 17.5. The molecule has 0 aromatic carbocycles. The van der Waals surface area contributed by atoms with Crippen LogP contribution in [-0.2, 0) is 14.3 Å². The molecule has 3 heteroatoms. The lowest BCUT2D eigenvalue weighted by atomic mass is 9.47. The lowest BCUT2D eigenvalue weighted by Gasteiger charge is -2.57. The standard InChI is InChI=1S/C25H32O3/c1-15-12-19-17-14-24(10-11-24)20-13-16(26)4-7-22(20,2)18(17)5-8-23(19,3)25(15)9-6-21(27)28-25/h5,13,15,17,19H,4,6-12,14H2,1-3H3/t15?,17?,19?,22-,23+,25+/m1/s1. The minimum atomic E-state index is -0.257. The van der Waals surface area contributed by atoms with Crippen molar-refractivity contribution in [1.29, 1.82) is 0 Å². The number of rotatable bonds is 0. The van der Waals surface area contributed by atoms with Crippen molar-refractivity contribution in [1.82, 2.24) is 0 Å². The van der Waals surface area contributed by atoms with Crippen LogP contribution in [0.25, 0.3) is 0 Å². The minimum Gasteiger partial charge on any atom is -0.458 e. The summed E-state index contributed by atoms with van der Waals surface area (Å²) in [6.07, 6.45) is 13.7. The summed E-state index contributed by atoms with van der Waals surface area (Å²) in [6, 6.07) is 0. The van der Waals surface area contributed by atoms with Crippen molar-refractivity contribution in [2.75, 3.05) is 0 Å². The first-order valence-electron chi connectivity index (χ1n) is 11.4. The van der Waals surface area contributed by atoms with Gasteiger partial charge in [0, 0.05) is 23.7 Å². The van der Waals surface area contributed by atoms with E-state index in [1.54, 1.807) is 5.57 Å². The third-order valence-corrected chi connectivity index (χ3v) is 10.3. The maximum Gasteiger partial charge on any atom is 0.306 e. The van der Waals surface area contributed by atoms with Gasteiger partial charge in [0.25, 0.3) is 0 Å². The fourth-order valence-electron chi connectivity index (χ4n) is 8.65. The third-order valence-electron chi connectivity index (χ3n) is 10.3. The molecule has 0 aromatic rings. The molecule has 6 aliphatic rings. The normalized spacial score (nSPS) is 50.6. The van der Waals surface area contributed by atoms with Crippen molar-refractivity contribution < 1.29 is 14.3 Å². The quantitative estimate of drug-likeness (QED) is 0.431. The van der Waals surface area contributed by atoms with E-state index in [0.717, 1.165) is 19.3 Å². The molecule has 0 bridgehead atoms. The lowest BCUT2D eigenvalue weighted by Crippen LogP contribution is -2.53. The van der Waals surface area contributed by atoms with Gasteiger partial charge in [0.2, 0.25) is 0 Å². The lowest BCUT2D eigenvalue weighted by molar-refractivity contribution is -0.165. The largest absolute Gasteiger partial charge is 0.458 e. The maximum absolute atomic E-state index is 12.3. The molecule has 3 saturated carbocycles. The van der Waals surface area contributed by atoms with Gasteiger partial charge in [-0.05, 0) is 74.2 Å². The zero-order chi connectivity index (χ0) is 19.5. The van der Waals surface area contributed by atoms with Crippen LogP contribution in [0, 0.1) is 34.0 Å². The Hall–Kier alpha value is -1.38.